The predicted octanol–water partition coefficient (Wildman–Crippen LogP) is 4.37. The molecule has 2 aromatic carbocycles. The fourth-order valence-corrected chi connectivity index (χ4v) is 3.59. The van der Waals surface area contributed by atoms with Crippen LogP contribution in [0.3, 0.4) is 0 Å². The number of rotatable bonds is 5. The summed E-state index contributed by atoms with van der Waals surface area (Å²) in [5.41, 5.74) is 4.80. The molecule has 1 aliphatic heterocycles. The minimum atomic E-state index is 0.0136. The fourth-order valence-electron chi connectivity index (χ4n) is 3.59. The molecule has 0 saturated heterocycles. The van der Waals surface area contributed by atoms with Crippen molar-refractivity contribution in [3.8, 4) is 0 Å². The Kier molecular flexibility index (Phi) is 6.16. The number of carbonyl (C=O) groups is 1. The van der Waals surface area contributed by atoms with E-state index in [0.29, 0.717) is 6.54 Å². The van der Waals surface area contributed by atoms with E-state index >= 15 is 0 Å². The Labute approximate surface area is 156 Å². The standard InChI is InChI=1S/C22H29N3O/c1-3-24(20-12-8-9-18(2)17-20)16-14-23-22(26)25-15-7-6-11-19-10-4-5-13-21(19)25/h4-5,8-10,12-13,17H,3,6-7,11,14-16H2,1-2H3,(H,23,26). The Morgan fingerprint density at radius 3 is 2.81 bits per heavy atom. The van der Waals surface area contributed by atoms with Crippen LogP contribution < -0.4 is 15.1 Å². The van der Waals surface area contributed by atoms with E-state index < -0.39 is 0 Å². The van der Waals surface area contributed by atoms with Crippen molar-refractivity contribution >= 4 is 17.4 Å². The highest BCUT2D eigenvalue weighted by molar-refractivity contribution is 5.93. The fraction of sp³-hybridized carbons (Fsp3) is 0.409. The molecule has 0 bridgehead atoms. The lowest BCUT2D eigenvalue weighted by molar-refractivity contribution is 0.246. The van der Waals surface area contributed by atoms with E-state index in [1.54, 1.807) is 0 Å². The van der Waals surface area contributed by atoms with Crippen molar-refractivity contribution in [2.24, 2.45) is 0 Å². The van der Waals surface area contributed by atoms with E-state index in [2.05, 4.69) is 66.5 Å². The number of hydrogen-bond acceptors (Lipinski definition) is 2. The van der Waals surface area contributed by atoms with Gasteiger partial charge in [-0.05, 0) is 62.4 Å². The van der Waals surface area contributed by atoms with Crippen LogP contribution in [-0.4, -0.2) is 32.2 Å². The van der Waals surface area contributed by atoms with Crippen LogP contribution >= 0.6 is 0 Å². The zero-order valence-electron chi connectivity index (χ0n) is 15.9. The molecule has 0 saturated carbocycles. The molecule has 4 nitrogen and oxygen atoms in total. The Bertz CT molecular complexity index is 744. The first kappa shape index (κ1) is 18.3. The van der Waals surface area contributed by atoms with Crippen LogP contribution in [0.1, 0.15) is 30.9 Å². The van der Waals surface area contributed by atoms with E-state index in [-0.39, 0.29) is 6.03 Å². The first-order valence-electron chi connectivity index (χ1n) is 9.64. The molecule has 1 aliphatic rings. The third-order valence-corrected chi connectivity index (χ3v) is 5.01. The van der Waals surface area contributed by atoms with Gasteiger partial charge in [0.2, 0.25) is 0 Å². The quantitative estimate of drug-likeness (QED) is 0.868. The van der Waals surface area contributed by atoms with Crippen LogP contribution in [0.5, 0.6) is 0 Å². The van der Waals surface area contributed by atoms with Gasteiger partial charge in [0.15, 0.2) is 0 Å². The first-order valence-corrected chi connectivity index (χ1v) is 9.64. The molecule has 0 aromatic heterocycles. The van der Waals surface area contributed by atoms with Crippen molar-refractivity contribution in [1.82, 2.24) is 5.32 Å². The maximum atomic E-state index is 12.8. The minimum Gasteiger partial charge on any atom is -0.370 e. The number of carbonyl (C=O) groups excluding carboxylic acids is 1. The zero-order chi connectivity index (χ0) is 18.4. The van der Waals surface area contributed by atoms with Crippen LogP contribution in [0.4, 0.5) is 16.2 Å². The number of nitrogens with one attached hydrogen (secondary N) is 1. The largest absolute Gasteiger partial charge is 0.370 e. The van der Waals surface area contributed by atoms with Crippen molar-refractivity contribution in [1.29, 1.82) is 0 Å². The number of para-hydroxylation sites is 1. The van der Waals surface area contributed by atoms with Gasteiger partial charge in [0.1, 0.15) is 0 Å². The van der Waals surface area contributed by atoms with Crippen molar-refractivity contribution in [3.63, 3.8) is 0 Å². The summed E-state index contributed by atoms with van der Waals surface area (Å²) in [5, 5.41) is 3.12. The summed E-state index contributed by atoms with van der Waals surface area (Å²) in [7, 11) is 0. The molecule has 0 spiro atoms. The van der Waals surface area contributed by atoms with Crippen LogP contribution in [0, 0.1) is 6.92 Å². The van der Waals surface area contributed by atoms with E-state index in [4.69, 9.17) is 0 Å². The summed E-state index contributed by atoms with van der Waals surface area (Å²) in [6.45, 7) is 7.41. The lowest BCUT2D eigenvalue weighted by Crippen LogP contribution is -2.43. The van der Waals surface area contributed by atoms with Crippen molar-refractivity contribution in [3.05, 3.63) is 59.7 Å². The van der Waals surface area contributed by atoms with Gasteiger partial charge < -0.3 is 10.2 Å². The Morgan fingerprint density at radius 1 is 1.15 bits per heavy atom. The Balaban J connectivity index is 1.60. The van der Waals surface area contributed by atoms with Crippen molar-refractivity contribution in [2.75, 3.05) is 36.0 Å². The lowest BCUT2D eigenvalue weighted by Gasteiger charge is -2.26. The number of urea groups is 1. The molecule has 1 N–H and O–H groups in total. The van der Waals surface area contributed by atoms with Gasteiger partial charge in [-0.2, -0.15) is 0 Å². The zero-order valence-corrected chi connectivity index (χ0v) is 15.9. The summed E-state index contributed by atoms with van der Waals surface area (Å²) < 4.78 is 0. The number of aryl methyl sites for hydroxylation is 2. The molecule has 26 heavy (non-hydrogen) atoms. The SMILES string of the molecule is CCN(CCNC(=O)N1CCCCc2ccccc21)c1cccc(C)c1. The van der Waals surface area contributed by atoms with Gasteiger partial charge in [0.25, 0.3) is 0 Å². The van der Waals surface area contributed by atoms with E-state index in [1.165, 1.54) is 16.8 Å². The third kappa shape index (κ3) is 4.37. The predicted molar refractivity (Wildman–Crippen MR) is 109 cm³/mol. The number of amides is 2. The number of benzene rings is 2. The minimum absolute atomic E-state index is 0.0136. The molecule has 0 unspecified atom stereocenters. The number of likely N-dealkylation sites (N-methyl/N-ethyl adjacent to an activating group) is 1. The van der Waals surface area contributed by atoms with Crippen LogP contribution in [0.25, 0.3) is 0 Å². The highest BCUT2D eigenvalue weighted by Crippen LogP contribution is 2.26. The van der Waals surface area contributed by atoms with E-state index in [0.717, 1.165) is 44.6 Å². The molecule has 1 heterocycles. The molecule has 0 radical (unpaired) electrons. The van der Waals surface area contributed by atoms with E-state index in [9.17, 15) is 4.79 Å². The topological polar surface area (TPSA) is 35.6 Å². The van der Waals surface area contributed by atoms with Gasteiger partial charge in [0.05, 0.1) is 0 Å². The summed E-state index contributed by atoms with van der Waals surface area (Å²) in [4.78, 5) is 17.0. The Morgan fingerprint density at radius 2 is 2.00 bits per heavy atom. The molecule has 138 valence electrons. The first-order chi connectivity index (χ1) is 12.7. The molecular weight excluding hydrogens is 322 g/mol. The number of hydrogen-bond donors (Lipinski definition) is 1. The van der Waals surface area contributed by atoms with Gasteiger partial charge in [0, 0.05) is 37.6 Å². The average Bonchev–Trinajstić information content (AvgIpc) is 2.87. The van der Waals surface area contributed by atoms with Gasteiger partial charge in [-0.25, -0.2) is 4.79 Å². The number of fused-ring (bicyclic) bond motifs is 1. The number of anilines is 2. The van der Waals surface area contributed by atoms with Crippen LogP contribution in [-0.2, 0) is 6.42 Å². The molecule has 4 heteroatoms. The summed E-state index contributed by atoms with van der Waals surface area (Å²) in [6.07, 6.45) is 3.24. The van der Waals surface area contributed by atoms with Crippen molar-refractivity contribution < 1.29 is 4.79 Å². The molecular formula is C22H29N3O. The highest BCUT2D eigenvalue weighted by atomic mass is 16.2. The van der Waals surface area contributed by atoms with Crippen LogP contribution in [0.15, 0.2) is 48.5 Å². The second-order valence-corrected chi connectivity index (χ2v) is 6.89. The molecule has 3 rings (SSSR count). The van der Waals surface area contributed by atoms with Crippen LogP contribution in [0.2, 0.25) is 0 Å². The van der Waals surface area contributed by atoms with Crippen molar-refractivity contribution in [2.45, 2.75) is 33.1 Å². The second-order valence-electron chi connectivity index (χ2n) is 6.89. The summed E-state index contributed by atoms with van der Waals surface area (Å²) in [5.74, 6) is 0. The van der Waals surface area contributed by atoms with E-state index in [1.807, 2.05) is 11.0 Å². The average molecular weight is 351 g/mol. The monoisotopic (exact) mass is 351 g/mol. The molecule has 0 aliphatic carbocycles. The third-order valence-electron chi connectivity index (χ3n) is 5.01. The molecule has 0 fully saturated rings. The molecule has 2 amide bonds. The summed E-state index contributed by atoms with van der Waals surface area (Å²) in [6, 6.07) is 16.8. The van der Waals surface area contributed by atoms with Gasteiger partial charge in [-0.15, -0.1) is 0 Å². The number of nitrogens with zero attached hydrogens (tertiary/aromatic N) is 2. The second kappa shape index (κ2) is 8.75. The van der Waals surface area contributed by atoms with Gasteiger partial charge in [-0.1, -0.05) is 30.3 Å². The van der Waals surface area contributed by atoms with Gasteiger partial charge in [-0.3, -0.25) is 4.90 Å². The van der Waals surface area contributed by atoms with Gasteiger partial charge >= 0.3 is 6.03 Å². The Hall–Kier alpha value is -2.49. The smallest absolute Gasteiger partial charge is 0.321 e. The maximum Gasteiger partial charge on any atom is 0.321 e. The maximum absolute atomic E-state index is 12.8. The lowest BCUT2D eigenvalue weighted by atomic mass is 10.1. The highest BCUT2D eigenvalue weighted by Gasteiger charge is 2.20. The molecule has 0 atom stereocenters. The summed E-state index contributed by atoms with van der Waals surface area (Å²) >= 11 is 0. The molecule has 2 aromatic rings. The normalized spacial score (nSPS) is 13.7.